The van der Waals surface area contributed by atoms with Gasteiger partial charge in [-0.05, 0) is 75.2 Å². The van der Waals surface area contributed by atoms with Crippen LogP contribution in [0.2, 0.25) is 0 Å². The number of halogens is 1. The second kappa shape index (κ2) is 8.95. The van der Waals surface area contributed by atoms with Crippen molar-refractivity contribution in [2.75, 3.05) is 0 Å². The molecule has 3 aromatic rings. The normalized spacial score (nSPS) is 9.88. The van der Waals surface area contributed by atoms with Gasteiger partial charge in [-0.25, -0.2) is 4.39 Å². The van der Waals surface area contributed by atoms with Crippen LogP contribution in [0.15, 0.2) is 66.7 Å². The van der Waals surface area contributed by atoms with E-state index in [9.17, 15) is 9.18 Å². The van der Waals surface area contributed by atoms with Crippen molar-refractivity contribution in [2.24, 2.45) is 0 Å². The van der Waals surface area contributed by atoms with E-state index in [0.29, 0.717) is 11.5 Å². The summed E-state index contributed by atoms with van der Waals surface area (Å²) < 4.78 is 18.5. The molecule has 0 aromatic heterocycles. The van der Waals surface area contributed by atoms with E-state index in [-0.39, 0.29) is 11.6 Å². The Balaban J connectivity index is 0.000000290. The second-order valence-corrected chi connectivity index (χ2v) is 6.20. The van der Waals surface area contributed by atoms with Gasteiger partial charge >= 0.3 is 0 Å². The van der Waals surface area contributed by atoms with Crippen molar-refractivity contribution in [1.29, 1.82) is 0 Å². The molecule has 0 unspecified atom stereocenters. The predicted octanol–water partition coefficient (Wildman–Crippen LogP) is 6.43. The molecular formula is C23H23FO2. The van der Waals surface area contributed by atoms with Crippen molar-refractivity contribution < 1.29 is 13.9 Å². The Bertz CT molecular complexity index is 845. The van der Waals surface area contributed by atoms with Crippen molar-refractivity contribution in [2.45, 2.75) is 27.7 Å². The van der Waals surface area contributed by atoms with E-state index in [0.717, 1.165) is 16.7 Å². The number of Topliss-reactive ketones (excluding diaryl/α,β-unsaturated/α-hetero) is 1. The molecule has 0 atom stereocenters. The minimum atomic E-state index is -0.299. The Hall–Kier alpha value is -2.94. The highest BCUT2D eigenvalue weighted by molar-refractivity contribution is 5.97. The van der Waals surface area contributed by atoms with Crippen molar-refractivity contribution in [3.63, 3.8) is 0 Å². The Morgan fingerprint density at radius 2 is 1.35 bits per heavy atom. The molecule has 3 heteroatoms. The molecule has 0 spiro atoms. The average molecular weight is 350 g/mol. The summed E-state index contributed by atoms with van der Waals surface area (Å²) in [6, 6.07) is 19.7. The number of carbonyl (C=O) groups is 1. The highest BCUT2D eigenvalue weighted by Gasteiger charge is 2.10. The third-order valence-electron chi connectivity index (χ3n) is 3.85. The van der Waals surface area contributed by atoms with E-state index in [1.54, 1.807) is 19.1 Å². The first-order chi connectivity index (χ1) is 12.4. The Morgan fingerprint density at radius 1 is 0.808 bits per heavy atom. The Kier molecular flexibility index (Phi) is 6.67. The fraction of sp³-hybridized carbons (Fsp3) is 0.174. The van der Waals surface area contributed by atoms with E-state index in [1.165, 1.54) is 17.7 Å². The van der Waals surface area contributed by atoms with Crippen LogP contribution in [0.4, 0.5) is 4.39 Å². The summed E-state index contributed by atoms with van der Waals surface area (Å²) in [6.45, 7) is 7.39. The zero-order valence-corrected chi connectivity index (χ0v) is 15.5. The van der Waals surface area contributed by atoms with Crippen molar-refractivity contribution >= 4 is 5.78 Å². The van der Waals surface area contributed by atoms with Gasteiger partial charge < -0.3 is 4.74 Å². The number of rotatable bonds is 3. The zero-order valence-electron chi connectivity index (χ0n) is 15.5. The van der Waals surface area contributed by atoms with E-state index in [1.807, 2.05) is 44.2 Å². The number of carbonyl (C=O) groups excluding carboxylic acids is 1. The number of benzene rings is 3. The third kappa shape index (κ3) is 5.55. The minimum absolute atomic E-state index is 0.0448. The number of hydrogen-bond acceptors (Lipinski definition) is 2. The summed E-state index contributed by atoms with van der Waals surface area (Å²) in [6.07, 6.45) is 0. The minimum Gasteiger partial charge on any atom is -0.457 e. The van der Waals surface area contributed by atoms with Gasteiger partial charge in [0.2, 0.25) is 0 Å². The molecular weight excluding hydrogens is 327 g/mol. The lowest BCUT2D eigenvalue weighted by Crippen LogP contribution is -2.00. The lowest BCUT2D eigenvalue weighted by Gasteiger charge is -2.11. The van der Waals surface area contributed by atoms with E-state index in [4.69, 9.17) is 4.74 Å². The van der Waals surface area contributed by atoms with E-state index < -0.39 is 0 Å². The summed E-state index contributed by atoms with van der Waals surface area (Å²) in [4.78, 5) is 11.5. The molecule has 0 radical (unpaired) electrons. The van der Waals surface area contributed by atoms with Gasteiger partial charge in [0.05, 0.1) is 0 Å². The van der Waals surface area contributed by atoms with Gasteiger partial charge in [-0.3, -0.25) is 4.79 Å². The van der Waals surface area contributed by atoms with Crippen LogP contribution in [-0.4, -0.2) is 5.78 Å². The molecule has 3 aromatic carbocycles. The number of hydrogen-bond donors (Lipinski definition) is 0. The van der Waals surface area contributed by atoms with Crippen LogP contribution in [0.3, 0.4) is 0 Å². The third-order valence-corrected chi connectivity index (χ3v) is 3.85. The summed E-state index contributed by atoms with van der Waals surface area (Å²) >= 11 is 0. The molecule has 134 valence electrons. The maximum Gasteiger partial charge on any atom is 0.160 e. The topological polar surface area (TPSA) is 26.3 Å². The Morgan fingerprint density at radius 3 is 1.77 bits per heavy atom. The molecule has 2 nitrogen and oxygen atoms in total. The first-order valence-corrected chi connectivity index (χ1v) is 8.44. The van der Waals surface area contributed by atoms with Crippen LogP contribution in [0.25, 0.3) is 0 Å². The highest BCUT2D eigenvalue weighted by Crippen LogP contribution is 2.26. The van der Waals surface area contributed by atoms with Crippen LogP contribution in [0.5, 0.6) is 11.5 Å². The fourth-order valence-corrected chi connectivity index (χ4v) is 2.71. The van der Waals surface area contributed by atoms with Gasteiger partial charge in [0.1, 0.15) is 17.3 Å². The summed E-state index contributed by atoms with van der Waals surface area (Å²) in [5.74, 6) is 0.956. The van der Waals surface area contributed by atoms with Crippen molar-refractivity contribution in [3.05, 3.63) is 94.8 Å². The molecule has 3 rings (SSSR count). The summed E-state index contributed by atoms with van der Waals surface area (Å²) in [5, 5.41) is 0. The first-order valence-electron chi connectivity index (χ1n) is 8.44. The predicted molar refractivity (Wildman–Crippen MR) is 104 cm³/mol. The first kappa shape index (κ1) is 19.4. The van der Waals surface area contributed by atoms with Gasteiger partial charge in [-0.15, -0.1) is 0 Å². The van der Waals surface area contributed by atoms with Crippen molar-refractivity contribution in [1.82, 2.24) is 0 Å². The van der Waals surface area contributed by atoms with Gasteiger partial charge in [-0.1, -0.05) is 35.9 Å². The van der Waals surface area contributed by atoms with E-state index >= 15 is 0 Å². The lowest BCUT2D eigenvalue weighted by molar-refractivity contribution is 0.101. The lowest BCUT2D eigenvalue weighted by atomic mass is 9.99. The summed E-state index contributed by atoms with van der Waals surface area (Å²) in [5.41, 5.74) is 3.81. The maximum absolute atomic E-state index is 12.8. The average Bonchev–Trinajstić information content (AvgIpc) is 2.57. The fourth-order valence-electron chi connectivity index (χ4n) is 2.71. The Labute approximate surface area is 154 Å². The van der Waals surface area contributed by atoms with Crippen LogP contribution in [0, 0.1) is 26.6 Å². The number of ketones is 1. The highest BCUT2D eigenvalue weighted by atomic mass is 19.1. The maximum atomic E-state index is 12.8. The van der Waals surface area contributed by atoms with Gasteiger partial charge in [-0.2, -0.15) is 0 Å². The molecule has 0 saturated carbocycles. The van der Waals surface area contributed by atoms with Crippen molar-refractivity contribution in [3.8, 4) is 11.5 Å². The second-order valence-electron chi connectivity index (χ2n) is 6.20. The molecule has 0 N–H and O–H groups in total. The van der Waals surface area contributed by atoms with Crippen LogP contribution >= 0.6 is 0 Å². The molecule has 0 bridgehead atoms. The monoisotopic (exact) mass is 350 g/mol. The van der Waals surface area contributed by atoms with Gasteiger partial charge in [0.15, 0.2) is 5.78 Å². The largest absolute Gasteiger partial charge is 0.457 e. The summed E-state index contributed by atoms with van der Waals surface area (Å²) in [7, 11) is 0. The molecule has 0 fully saturated rings. The number of ether oxygens (including phenoxy) is 1. The SMILES string of the molecule is CC(=O)c1c(C)cc(Oc2ccc(F)cc2)cc1C.Cc1ccccc1. The quantitative estimate of drug-likeness (QED) is 0.509. The zero-order chi connectivity index (χ0) is 19.1. The molecule has 0 saturated heterocycles. The molecule has 0 aliphatic rings. The smallest absolute Gasteiger partial charge is 0.160 e. The van der Waals surface area contributed by atoms with Crippen LogP contribution < -0.4 is 4.74 Å². The van der Waals surface area contributed by atoms with Gasteiger partial charge in [0.25, 0.3) is 0 Å². The molecule has 0 aliphatic heterocycles. The molecule has 0 amide bonds. The number of aryl methyl sites for hydroxylation is 3. The van der Waals surface area contributed by atoms with E-state index in [2.05, 4.69) is 19.1 Å². The molecule has 0 aliphatic carbocycles. The van der Waals surface area contributed by atoms with Crippen LogP contribution in [0.1, 0.15) is 34.0 Å². The molecule has 26 heavy (non-hydrogen) atoms. The van der Waals surface area contributed by atoms with Crippen LogP contribution in [-0.2, 0) is 0 Å². The standard InChI is InChI=1S/C16H15FO2.C7H8/c1-10-8-15(9-11(2)16(10)12(3)18)19-14-6-4-13(17)5-7-14;1-7-5-3-2-4-6-7/h4-9H,1-3H3;2-6H,1H3. The molecule has 0 heterocycles. The van der Waals surface area contributed by atoms with Gasteiger partial charge in [0, 0.05) is 5.56 Å².